The average Bonchev–Trinajstić information content (AvgIpc) is 3.03. The van der Waals surface area contributed by atoms with E-state index in [4.69, 9.17) is 0 Å². The summed E-state index contributed by atoms with van der Waals surface area (Å²) in [4.78, 5) is 2.29. The highest BCUT2D eigenvalue weighted by atomic mass is 19.2. The maximum atomic E-state index is 13.4. The number of benzene rings is 2. The Kier molecular flexibility index (Phi) is 4.02. The van der Waals surface area contributed by atoms with E-state index in [9.17, 15) is 8.78 Å². The van der Waals surface area contributed by atoms with Gasteiger partial charge in [0.2, 0.25) is 0 Å². The third-order valence-corrected chi connectivity index (χ3v) is 4.72. The first-order valence-electron chi connectivity index (χ1n) is 8.29. The molecule has 1 aliphatic heterocycles. The van der Waals surface area contributed by atoms with Crippen molar-refractivity contribution in [2.75, 3.05) is 13.1 Å². The predicted octanol–water partition coefficient (Wildman–Crippen LogP) is 4.15. The Morgan fingerprint density at radius 1 is 1.08 bits per heavy atom. The van der Waals surface area contributed by atoms with Gasteiger partial charge in [-0.2, -0.15) is 5.10 Å². The normalized spacial score (nSPS) is 19.0. The molecular formula is C19H19F2N3. The fraction of sp³-hybridized carbons (Fsp3) is 0.316. The quantitative estimate of drug-likeness (QED) is 0.720. The lowest BCUT2D eigenvalue weighted by Crippen LogP contribution is -2.36. The molecule has 0 bridgehead atoms. The molecule has 0 N–H and O–H groups in total. The Labute approximate surface area is 139 Å². The summed E-state index contributed by atoms with van der Waals surface area (Å²) in [5.74, 6) is -1.57. The van der Waals surface area contributed by atoms with Gasteiger partial charge in [-0.1, -0.05) is 24.3 Å². The van der Waals surface area contributed by atoms with Crippen molar-refractivity contribution in [1.82, 2.24) is 14.7 Å². The minimum Gasteiger partial charge on any atom is -0.297 e. The van der Waals surface area contributed by atoms with Crippen LogP contribution in [0, 0.1) is 11.6 Å². The van der Waals surface area contributed by atoms with Gasteiger partial charge in [-0.05, 0) is 43.1 Å². The molecule has 2 aromatic carbocycles. The molecule has 3 aromatic rings. The highest BCUT2D eigenvalue weighted by molar-refractivity contribution is 5.78. The molecule has 2 heterocycles. The van der Waals surface area contributed by atoms with Crippen LogP contribution in [0.4, 0.5) is 8.78 Å². The van der Waals surface area contributed by atoms with Gasteiger partial charge < -0.3 is 0 Å². The van der Waals surface area contributed by atoms with Crippen molar-refractivity contribution < 1.29 is 8.78 Å². The fourth-order valence-electron chi connectivity index (χ4n) is 3.55. The van der Waals surface area contributed by atoms with Gasteiger partial charge in [0.15, 0.2) is 11.6 Å². The maximum absolute atomic E-state index is 13.4. The maximum Gasteiger partial charge on any atom is 0.159 e. The Balaban J connectivity index is 1.52. The highest BCUT2D eigenvalue weighted by Crippen LogP contribution is 2.26. The fourth-order valence-corrected chi connectivity index (χ4v) is 3.55. The largest absolute Gasteiger partial charge is 0.297 e. The lowest BCUT2D eigenvalue weighted by molar-refractivity contribution is 0.165. The van der Waals surface area contributed by atoms with Gasteiger partial charge in [0.25, 0.3) is 0 Å². The molecule has 0 amide bonds. The second-order valence-corrected chi connectivity index (χ2v) is 6.43. The van der Waals surface area contributed by atoms with E-state index >= 15 is 0 Å². The van der Waals surface area contributed by atoms with Crippen LogP contribution < -0.4 is 0 Å². The summed E-state index contributed by atoms with van der Waals surface area (Å²) in [5.41, 5.74) is 1.96. The summed E-state index contributed by atoms with van der Waals surface area (Å²) in [7, 11) is 0. The number of hydrogen-bond donors (Lipinski definition) is 0. The third kappa shape index (κ3) is 2.91. The van der Waals surface area contributed by atoms with E-state index in [2.05, 4.69) is 26.8 Å². The number of likely N-dealkylation sites (tertiary alicyclic amines) is 1. The van der Waals surface area contributed by atoms with Gasteiger partial charge in [0, 0.05) is 18.5 Å². The van der Waals surface area contributed by atoms with E-state index < -0.39 is 11.6 Å². The first-order valence-corrected chi connectivity index (χ1v) is 8.29. The molecule has 1 fully saturated rings. The second kappa shape index (κ2) is 6.32. The molecule has 124 valence electrons. The minimum atomic E-state index is -0.793. The highest BCUT2D eigenvalue weighted by Gasteiger charge is 2.23. The topological polar surface area (TPSA) is 21.1 Å². The van der Waals surface area contributed by atoms with Gasteiger partial charge in [0.1, 0.15) is 0 Å². The molecule has 4 rings (SSSR count). The molecule has 24 heavy (non-hydrogen) atoms. The number of fused-ring (bicyclic) bond motifs is 1. The lowest BCUT2D eigenvalue weighted by atomic mass is 10.0. The molecule has 0 saturated carbocycles. The van der Waals surface area contributed by atoms with E-state index in [1.165, 1.54) is 12.1 Å². The van der Waals surface area contributed by atoms with E-state index in [0.717, 1.165) is 42.4 Å². The van der Waals surface area contributed by atoms with Crippen LogP contribution in [0.2, 0.25) is 0 Å². The van der Waals surface area contributed by atoms with Crippen LogP contribution in [0.1, 0.15) is 24.4 Å². The average molecular weight is 327 g/mol. The van der Waals surface area contributed by atoms with Gasteiger partial charge in [-0.3, -0.25) is 9.58 Å². The number of aromatic nitrogens is 2. The SMILES string of the molecule is Fc1ccc(CN2CCC[C@H](n3ncc4ccccc43)C2)cc1F. The van der Waals surface area contributed by atoms with E-state index in [-0.39, 0.29) is 0 Å². The number of piperidine rings is 1. The van der Waals surface area contributed by atoms with Crippen LogP contribution in [0.3, 0.4) is 0 Å². The lowest BCUT2D eigenvalue weighted by Gasteiger charge is -2.33. The summed E-state index contributed by atoms with van der Waals surface area (Å²) in [6.45, 7) is 2.46. The number of halogens is 2. The van der Waals surface area contributed by atoms with Crippen LogP contribution in [-0.4, -0.2) is 27.8 Å². The monoisotopic (exact) mass is 327 g/mol. The summed E-state index contributed by atoms with van der Waals surface area (Å²) in [5, 5.41) is 5.71. The third-order valence-electron chi connectivity index (χ3n) is 4.72. The van der Waals surface area contributed by atoms with Gasteiger partial charge >= 0.3 is 0 Å². The molecule has 1 atom stereocenters. The Morgan fingerprint density at radius 2 is 1.96 bits per heavy atom. The van der Waals surface area contributed by atoms with Crippen LogP contribution in [0.25, 0.3) is 10.9 Å². The van der Waals surface area contributed by atoms with Crippen LogP contribution in [0.15, 0.2) is 48.7 Å². The van der Waals surface area contributed by atoms with Crippen molar-refractivity contribution in [3.63, 3.8) is 0 Å². The van der Waals surface area contributed by atoms with E-state index in [1.807, 2.05) is 18.3 Å². The molecule has 5 heteroatoms. The Hall–Kier alpha value is -2.27. The molecule has 0 radical (unpaired) electrons. The first kappa shape index (κ1) is 15.3. The molecule has 0 spiro atoms. The number of para-hydroxylation sites is 1. The van der Waals surface area contributed by atoms with Crippen LogP contribution in [0.5, 0.6) is 0 Å². The van der Waals surface area contributed by atoms with Crippen molar-refractivity contribution in [2.45, 2.75) is 25.4 Å². The Bertz CT molecular complexity index is 859. The number of rotatable bonds is 3. The number of hydrogen-bond acceptors (Lipinski definition) is 2. The smallest absolute Gasteiger partial charge is 0.159 e. The molecule has 0 unspecified atom stereocenters. The second-order valence-electron chi connectivity index (χ2n) is 6.43. The zero-order valence-corrected chi connectivity index (χ0v) is 13.3. The van der Waals surface area contributed by atoms with Crippen molar-refractivity contribution in [1.29, 1.82) is 0 Å². The molecule has 1 aromatic heterocycles. The van der Waals surface area contributed by atoms with Gasteiger partial charge in [0.05, 0.1) is 17.8 Å². The molecule has 1 saturated heterocycles. The zero-order chi connectivity index (χ0) is 16.5. The first-order chi connectivity index (χ1) is 11.7. The van der Waals surface area contributed by atoms with Crippen LogP contribution >= 0.6 is 0 Å². The Morgan fingerprint density at radius 3 is 2.83 bits per heavy atom. The summed E-state index contributed by atoms with van der Waals surface area (Å²) in [6, 6.07) is 12.7. The summed E-state index contributed by atoms with van der Waals surface area (Å²) in [6.07, 6.45) is 4.06. The zero-order valence-electron chi connectivity index (χ0n) is 13.3. The van der Waals surface area contributed by atoms with Crippen molar-refractivity contribution >= 4 is 10.9 Å². The molecule has 1 aliphatic rings. The molecular weight excluding hydrogens is 308 g/mol. The summed E-state index contributed by atoms with van der Waals surface area (Å²) < 4.78 is 28.6. The predicted molar refractivity (Wildman–Crippen MR) is 89.6 cm³/mol. The van der Waals surface area contributed by atoms with E-state index in [0.29, 0.717) is 12.6 Å². The van der Waals surface area contributed by atoms with Crippen LogP contribution in [-0.2, 0) is 6.54 Å². The molecule has 0 aliphatic carbocycles. The standard InChI is InChI=1S/C19H19F2N3/c20-17-8-7-14(10-18(17)21)12-23-9-3-5-16(13-23)24-19-6-2-1-4-15(19)11-22-24/h1-2,4,6-8,10-11,16H,3,5,9,12-13H2/t16-/m0/s1. The van der Waals surface area contributed by atoms with Gasteiger partial charge in [-0.25, -0.2) is 8.78 Å². The van der Waals surface area contributed by atoms with Crippen molar-refractivity contribution in [3.8, 4) is 0 Å². The van der Waals surface area contributed by atoms with Gasteiger partial charge in [-0.15, -0.1) is 0 Å². The molecule has 3 nitrogen and oxygen atoms in total. The van der Waals surface area contributed by atoms with E-state index in [1.54, 1.807) is 6.07 Å². The number of nitrogens with zero attached hydrogens (tertiary/aromatic N) is 3. The van der Waals surface area contributed by atoms with Crippen molar-refractivity contribution in [3.05, 3.63) is 65.9 Å². The summed E-state index contributed by atoms with van der Waals surface area (Å²) >= 11 is 0. The van der Waals surface area contributed by atoms with Crippen molar-refractivity contribution in [2.24, 2.45) is 0 Å². The minimum absolute atomic E-state index is 0.309.